The summed E-state index contributed by atoms with van der Waals surface area (Å²) in [5.74, 6) is 0.424. The number of benzene rings is 1. The van der Waals surface area contributed by atoms with Crippen LogP contribution in [0.1, 0.15) is 43.6 Å². The highest BCUT2D eigenvalue weighted by Gasteiger charge is 2.20. The first kappa shape index (κ1) is 13.6. The highest BCUT2D eigenvalue weighted by atomic mass is 16.6. The Morgan fingerprint density at radius 2 is 1.94 bits per heavy atom. The van der Waals surface area contributed by atoms with Crippen molar-refractivity contribution in [1.82, 2.24) is 0 Å². The Bertz CT molecular complexity index is 402. The van der Waals surface area contributed by atoms with Gasteiger partial charge in [-0.3, -0.25) is 0 Å². The number of esters is 1. The molecule has 0 amide bonds. The molecule has 0 N–H and O–H groups in total. The third kappa shape index (κ3) is 3.77. The number of rotatable bonds is 3. The van der Waals surface area contributed by atoms with Gasteiger partial charge in [0.1, 0.15) is 11.4 Å². The molecule has 0 bridgehead atoms. The number of hydrogen-bond acceptors (Lipinski definition) is 3. The minimum atomic E-state index is -0.481. The van der Waals surface area contributed by atoms with Gasteiger partial charge in [-0.25, -0.2) is 4.79 Å². The van der Waals surface area contributed by atoms with E-state index in [1.807, 2.05) is 40.7 Å². The van der Waals surface area contributed by atoms with Crippen LogP contribution in [0.5, 0.6) is 5.75 Å². The Hall–Kier alpha value is -1.51. The molecular formula is C14H20O3. The van der Waals surface area contributed by atoms with Crippen LogP contribution in [-0.4, -0.2) is 18.2 Å². The number of carbonyl (C=O) groups is 1. The molecule has 0 radical (unpaired) electrons. The predicted octanol–water partition coefficient (Wildman–Crippen LogP) is 3.35. The Labute approximate surface area is 103 Å². The van der Waals surface area contributed by atoms with Gasteiger partial charge in [0.15, 0.2) is 0 Å². The molecule has 0 fully saturated rings. The van der Waals surface area contributed by atoms with Crippen LogP contribution < -0.4 is 4.74 Å². The van der Waals surface area contributed by atoms with Crippen molar-refractivity contribution in [3.05, 3.63) is 29.3 Å². The van der Waals surface area contributed by atoms with Crippen LogP contribution in [-0.2, 0) is 4.74 Å². The third-order valence-electron chi connectivity index (χ3n) is 2.20. The van der Waals surface area contributed by atoms with Crippen LogP contribution in [0.4, 0.5) is 0 Å². The van der Waals surface area contributed by atoms with Gasteiger partial charge in [-0.15, -0.1) is 0 Å². The summed E-state index contributed by atoms with van der Waals surface area (Å²) in [6, 6.07) is 5.41. The minimum Gasteiger partial charge on any atom is -0.494 e. The molecule has 1 aromatic rings. The highest BCUT2D eigenvalue weighted by molar-refractivity contribution is 5.92. The lowest BCUT2D eigenvalue weighted by atomic mass is 10.1. The molecular weight excluding hydrogens is 216 g/mol. The fraction of sp³-hybridized carbons (Fsp3) is 0.500. The monoisotopic (exact) mass is 236 g/mol. The molecule has 0 atom stereocenters. The van der Waals surface area contributed by atoms with Gasteiger partial charge in [-0.2, -0.15) is 0 Å². The molecule has 1 rings (SSSR count). The van der Waals surface area contributed by atoms with Crippen LogP contribution in [0.15, 0.2) is 18.2 Å². The third-order valence-corrected chi connectivity index (χ3v) is 2.20. The lowest BCUT2D eigenvalue weighted by Crippen LogP contribution is -2.24. The molecule has 0 spiro atoms. The lowest BCUT2D eigenvalue weighted by molar-refractivity contribution is 0.00683. The quantitative estimate of drug-likeness (QED) is 0.755. The smallest absolute Gasteiger partial charge is 0.339 e. The van der Waals surface area contributed by atoms with Crippen LogP contribution in [0, 0.1) is 6.92 Å². The van der Waals surface area contributed by atoms with Crippen molar-refractivity contribution < 1.29 is 14.3 Å². The second-order valence-electron chi connectivity index (χ2n) is 4.86. The first-order valence-electron chi connectivity index (χ1n) is 5.81. The molecule has 0 aliphatic rings. The number of hydrogen-bond donors (Lipinski definition) is 0. The van der Waals surface area contributed by atoms with E-state index in [4.69, 9.17) is 9.47 Å². The largest absolute Gasteiger partial charge is 0.494 e. The van der Waals surface area contributed by atoms with E-state index in [1.54, 1.807) is 12.1 Å². The van der Waals surface area contributed by atoms with E-state index in [-0.39, 0.29) is 5.97 Å². The summed E-state index contributed by atoms with van der Waals surface area (Å²) in [4.78, 5) is 12.0. The van der Waals surface area contributed by atoms with E-state index in [1.165, 1.54) is 0 Å². The van der Waals surface area contributed by atoms with Crippen LogP contribution in [0.3, 0.4) is 0 Å². The zero-order valence-electron chi connectivity index (χ0n) is 11.2. The number of ether oxygens (including phenoxy) is 2. The molecule has 0 saturated carbocycles. The zero-order chi connectivity index (χ0) is 13.1. The predicted molar refractivity (Wildman–Crippen MR) is 67.5 cm³/mol. The molecule has 0 heterocycles. The van der Waals surface area contributed by atoms with Crippen molar-refractivity contribution in [2.75, 3.05) is 6.61 Å². The molecule has 0 aromatic heterocycles. The Balaban J connectivity index is 2.98. The molecule has 0 unspecified atom stereocenters. The molecule has 94 valence electrons. The number of carbonyl (C=O) groups excluding carboxylic acids is 1. The Morgan fingerprint density at radius 3 is 2.47 bits per heavy atom. The zero-order valence-corrected chi connectivity index (χ0v) is 11.2. The second kappa shape index (κ2) is 5.21. The van der Waals surface area contributed by atoms with E-state index in [0.717, 1.165) is 11.3 Å². The minimum absolute atomic E-state index is 0.309. The van der Waals surface area contributed by atoms with Gasteiger partial charge in [-0.1, -0.05) is 6.07 Å². The maximum atomic E-state index is 12.0. The maximum Gasteiger partial charge on any atom is 0.339 e. The van der Waals surface area contributed by atoms with Crippen molar-refractivity contribution >= 4 is 5.97 Å². The van der Waals surface area contributed by atoms with Crippen molar-refractivity contribution in [3.8, 4) is 5.75 Å². The summed E-state index contributed by atoms with van der Waals surface area (Å²) in [7, 11) is 0. The first-order valence-corrected chi connectivity index (χ1v) is 5.81. The first-order chi connectivity index (χ1) is 7.85. The van der Waals surface area contributed by atoms with E-state index < -0.39 is 5.60 Å². The highest BCUT2D eigenvalue weighted by Crippen LogP contribution is 2.23. The summed E-state index contributed by atoms with van der Waals surface area (Å²) in [6.45, 7) is 9.92. The topological polar surface area (TPSA) is 35.5 Å². The maximum absolute atomic E-state index is 12.0. The van der Waals surface area contributed by atoms with Crippen molar-refractivity contribution in [2.45, 2.75) is 40.2 Å². The fourth-order valence-corrected chi connectivity index (χ4v) is 1.48. The van der Waals surface area contributed by atoms with Gasteiger partial charge in [0.2, 0.25) is 0 Å². The van der Waals surface area contributed by atoms with Gasteiger partial charge in [0.05, 0.1) is 12.2 Å². The van der Waals surface area contributed by atoms with E-state index in [0.29, 0.717) is 12.2 Å². The van der Waals surface area contributed by atoms with Crippen LogP contribution >= 0.6 is 0 Å². The van der Waals surface area contributed by atoms with Crippen molar-refractivity contribution in [1.29, 1.82) is 0 Å². The summed E-state index contributed by atoms with van der Waals surface area (Å²) >= 11 is 0. The molecule has 0 saturated heterocycles. The average Bonchev–Trinajstić information content (AvgIpc) is 2.18. The van der Waals surface area contributed by atoms with Gasteiger partial charge >= 0.3 is 5.97 Å². The average molecular weight is 236 g/mol. The lowest BCUT2D eigenvalue weighted by Gasteiger charge is -2.20. The van der Waals surface area contributed by atoms with Gasteiger partial charge in [-0.05, 0) is 46.8 Å². The van der Waals surface area contributed by atoms with E-state index >= 15 is 0 Å². The van der Waals surface area contributed by atoms with Crippen LogP contribution in [0.25, 0.3) is 0 Å². The second-order valence-corrected chi connectivity index (χ2v) is 4.86. The standard InChI is InChI=1S/C14H20O3/c1-6-16-12-9-7-8-11(10(12)2)13(15)17-14(3,4)5/h7-9H,6H2,1-5H3. The van der Waals surface area contributed by atoms with Crippen molar-refractivity contribution in [2.24, 2.45) is 0 Å². The summed E-state index contributed by atoms with van der Waals surface area (Å²) < 4.78 is 10.8. The SMILES string of the molecule is CCOc1cccc(C(=O)OC(C)(C)C)c1C. The molecule has 0 aliphatic heterocycles. The van der Waals surface area contributed by atoms with Gasteiger partial charge in [0, 0.05) is 5.56 Å². The molecule has 3 heteroatoms. The Kier molecular flexibility index (Phi) is 4.16. The molecule has 3 nitrogen and oxygen atoms in total. The normalized spacial score (nSPS) is 11.1. The van der Waals surface area contributed by atoms with E-state index in [2.05, 4.69) is 0 Å². The summed E-state index contributed by atoms with van der Waals surface area (Å²) in [5, 5.41) is 0. The molecule has 1 aromatic carbocycles. The van der Waals surface area contributed by atoms with Crippen molar-refractivity contribution in [3.63, 3.8) is 0 Å². The fourth-order valence-electron chi connectivity index (χ4n) is 1.48. The molecule has 0 aliphatic carbocycles. The van der Waals surface area contributed by atoms with Crippen LogP contribution in [0.2, 0.25) is 0 Å². The Morgan fingerprint density at radius 1 is 1.29 bits per heavy atom. The summed E-state index contributed by atoms with van der Waals surface area (Å²) in [5.41, 5.74) is 0.903. The molecule has 17 heavy (non-hydrogen) atoms. The van der Waals surface area contributed by atoms with Gasteiger partial charge in [0.25, 0.3) is 0 Å². The van der Waals surface area contributed by atoms with Gasteiger partial charge < -0.3 is 9.47 Å². The van der Waals surface area contributed by atoms with E-state index in [9.17, 15) is 4.79 Å². The summed E-state index contributed by atoms with van der Waals surface area (Å²) in [6.07, 6.45) is 0.